The molecule has 5 heteroatoms. The molecule has 0 aromatic heterocycles. The summed E-state index contributed by atoms with van der Waals surface area (Å²) in [4.78, 5) is 10.3. The van der Waals surface area contributed by atoms with E-state index in [2.05, 4.69) is 11.4 Å². The van der Waals surface area contributed by atoms with E-state index in [1.807, 2.05) is 0 Å². The van der Waals surface area contributed by atoms with Crippen LogP contribution < -0.4 is 5.32 Å². The lowest BCUT2D eigenvalue weighted by Gasteiger charge is -2.26. The number of nitrogens with zero attached hydrogens (tertiary/aromatic N) is 1. The molecule has 1 heterocycles. The first-order chi connectivity index (χ1) is 5.74. The number of amides is 1. The van der Waals surface area contributed by atoms with Crippen LogP contribution in [0.15, 0.2) is 0 Å². The predicted molar refractivity (Wildman–Crippen MR) is 39.5 cm³/mol. The Kier molecular flexibility index (Phi) is 2.88. The lowest BCUT2D eigenvalue weighted by atomic mass is 9.97. The van der Waals surface area contributed by atoms with Crippen molar-refractivity contribution in [1.82, 2.24) is 5.32 Å². The van der Waals surface area contributed by atoms with Gasteiger partial charge in [0.05, 0.1) is 24.6 Å². The second-order valence-electron chi connectivity index (χ2n) is 2.66. The summed E-state index contributed by atoms with van der Waals surface area (Å²) in [6.07, 6.45) is -0.507. The Labute approximate surface area is 69.9 Å². The van der Waals surface area contributed by atoms with Crippen molar-refractivity contribution in [3.8, 4) is 6.07 Å². The van der Waals surface area contributed by atoms with E-state index in [-0.39, 0.29) is 12.0 Å². The molecule has 1 aliphatic heterocycles. The Morgan fingerprint density at radius 1 is 1.75 bits per heavy atom. The molecule has 5 nitrogen and oxygen atoms in total. The normalized spacial score (nSPS) is 28.9. The zero-order valence-corrected chi connectivity index (χ0v) is 6.49. The highest BCUT2D eigenvalue weighted by molar-refractivity contribution is 5.65. The third kappa shape index (κ3) is 2.10. The summed E-state index contributed by atoms with van der Waals surface area (Å²) in [6.45, 7) is 0.834. The van der Waals surface area contributed by atoms with Gasteiger partial charge in [0.15, 0.2) is 0 Å². The van der Waals surface area contributed by atoms with E-state index < -0.39 is 6.09 Å². The van der Waals surface area contributed by atoms with E-state index in [1.165, 1.54) is 0 Å². The zero-order valence-electron chi connectivity index (χ0n) is 6.49. The molecule has 0 spiro atoms. The molecule has 0 aliphatic carbocycles. The Balaban J connectivity index is 2.48. The SMILES string of the molecule is N#C[C@@H]1CCOC[C@H]1NC(=O)O. The smallest absolute Gasteiger partial charge is 0.405 e. The van der Waals surface area contributed by atoms with Gasteiger partial charge >= 0.3 is 6.09 Å². The summed E-state index contributed by atoms with van der Waals surface area (Å²) in [7, 11) is 0. The Bertz CT molecular complexity index is 211. The number of nitriles is 1. The van der Waals surface area contributed by atoms with Gasteiger partial charge in [0.25, 0.3) is 0 Å². The molecule has 66 valence electrons. The van der Waals surface area contributed by atoms with Crippen LogP contribution in [0.4, 0.5) is 4.79 Å². The van der Waals surface area contributed by atoms with Crippen molar-refractivity contribution >= 4 is 6.09 Å². The van der Waals surface area contributed by atoms with Crippen molar-refractivity contribution in [2.75, 3.05) is 13.2 Å². The van der Waals surface area contributed by atoms with Crippen molar-refractivity contribution < 1.29 is 14.6 Å². The van der Waals surface area contributed by atoms with Crippen LogP contribution in [0.25, 0.3) is 0 Å². The highest BCUT2D eigenvalue weighted by atomic mass is 16.5. The fraction of sp³-hybridized carbons (Fsp3) is 0.714. The van der Waals surface area contributed by atoms with Gasteiger partial charge in [-0.3, -0.25) is 0 Å². The van der Waals surface area contributed by atoms with Crippen molar-refractivity contribution in [2.45, 2.75) is 12.5 Å². The number of carbonyl (C=O) groups is 1. The van der Waals surface area contributed by atoms with Crippen LogP contribution in [0.2, 0.25) is 0 Å². The molecule has 0 bridgehead atoms. The van der Waals surface area contributed by atoms with Crippen LogP contribution in [0.1, 0.15) is 6.42 Å². The molecular weight excluding hydrogens is 160 g/mol. The maximum Gasteiger partial charge on any atom is 0.405 e. The fourth-order valence-corrected chi connectivity index (χ4v) is 1.19. The number of nitrogens with one attached hydrogen (secondary N) is 1. The standard InChI is InChI=1S/C7H10N2O3/c8-3-5-1-2-12-4-6(5)9-7(10)11/h5-6,9H,1-2,4H2,(H,10,11)/t5-,6+/m0/s1. The summed E-state index contributed by atoms with van der Waals surface area (Å²) in [5, 5.41) is 19.3. The average Bonchev–Trinajstić information content (AvgIpc) is 2.04. The third-order valence-electron chi connectivity index (χ3n) is 1.83. The van der Waals surface area contributed by atoms with E-state index in [0.29, 0.717) is 19.6 Å². The average molecular weight is 170 g/mol. The van der Waals surface area contributed by atoms with Gasteiger partial charge in [-0.05, 0) is 6.42 Å². The molecule has 0 saturated carbocycles. The lowest BCUT2D eigenvalue weighted by molar-refractivity contribution is 0.0512. The molecular formula is C7H10N2O3. The summed E-state index contributed by atoms with van der Waals surface area (Å²) in [6, 6.07) is 1.68. The quantitative estimate of drug-likeness (QED) is 0.588. The van der Waals surface area contributed by atoms with Gasteiger partial charge in [-0.15, -0.1) is 0 Å². The van der Waals surface area contributed by atoms with Gasteiger partial charge < -0.3 is 15.2 Å². The van der Waals surface area contributed by atoms with Gasteiger partial charge in [0, 0.05) is 6.61 Å². The number of carboxylic acid groups (broad SMARTS) is 1. The number of rotatable bonds is 1. The maximum absolute atomic E-state index is 10.3. The Morgan fingerprint density at radius 3 is 3.08 bits per heavy atom. The lowest BCUT2D eigenvalue weighted by Crippen LogP contribution is -2.45. The molecule has 1 aliphatic rings. The van der Waals surface area contributed by atoms with Gasteiger partial charge in [-0.2, -0.15) is 5.26 Å². The van der Waals surface area contributed by atoms with Crippen LogP contribution in [0, 0.1) is 17.2 Å². The van der Waals surface area contributed by atoms with E-state index in [9.17, 15) is 4.79 Å². The van der Waals surface area contributed by atoms with Crippen molar-refractivity contribution in [1.29, 1.82) is 5.26 Å². The Hall–Kier alpha value is -1.28. The highest BCUT2D eigenvalue weighted by Gasteiger charge is 2.26. The Morgan fingerprint density at radius 2 is 2.50 bits per heavy atom. The van der Waals surface area contributed by atoms with Crippen LogP contribution in [-0.4, -0.2) is 30.5 Å². The molecule has 0 unspecified atom stereocenters. The molecule has 0 radical (unpaired) electrons. The van der Waals surface area contributed by atoms with E-state index in [1.54, 1.807) is 0 Å². The zero-order chi connectivity index (χ0) is 8.97. The van der Waals surface area contributed by atoms with Crippen LogP contribution in [-0.2, 0) is 4.74 Å². The molecule has 1 rings (SSSR count). The molecule has 0 aromatic carbocycles. The molecule has 2 atom stereocenters. The summed E-state index contributed by atoms with van der Waals surface area (Å²) in [5.74, 6) is -0.255. The van der Waals surface area contributed by atoms with Crippen molar-refractivity contribution in [3.05, 3.63) is 0 Å². The van der Waals surface area contributed by atoms with E-state index in [0.717, 1.165) is 0 Å². The second kappa shape index (κ2) is 3.93. The van der Waals surface area contributed by atoms with E-state index >= 15 is 0 Å². The summed E-state index contributed by atoms with van der Waals surface area (Å²) < 4.78 is 5.04. The number of ether oxygens (including phenoxy) is 1. The van der Waals surface area contributed by atoms with Gasteiger partial charge in [-0.25, -0.2) is 4.79 Å². The molecule has 2 N–H and O–H groups in total. The minimum Gasteiger partial charge on any atom is -0.465 e. The highest BCUT2D eigenvalue weighted by Crippen LogP contribution is 2.13. The van der Waals surface area contributed by atoms with Crippen LogP contribution in [0.3, 0.4) is 0 Å². The van der Waals surface area contributed by atoms with Crippen LogP contribution >= 0.6 is 0 Å². The fourth-order valence-electron chi connectivity index (χ4n) is 1.19. The monoisotopic (exact) mass is 170 g/mol. The van der Waals surface area contributed by atoms with E-state index in [4.69, 9.17) is 15.1 Å². The minimum absolute atomic E-state index is 0.255. The first-order valence-electron chi connectivity index (χ1n) is 3.71. The summed E-state index contributed by atoms with van der Waals surface area (Å²) in [5.41, 5.74) is 0. The predicted octanol–water partition coefficient (Wildman–Crippen LogP) is 0.183. The molecule has 1 saturated heterocycles. The van der Waals surface area contributed by atoms with Gasteiger partial charge in [-0.1, -0.05) is 0 Å². The summed E-state index contributed by atoms with van der Waals surface area (Å²) >= 11 is 0. The first kappa shape index (κ1) is 8.81. The molecule has 0 aromatic rings. The largest absolute Gasteiger partial charge is 0.465 e. The third-order valence-corrected chi connectivity index (χ3v) is 1.83. The minimum atomic E-state index is -1.11. The number of hydrogen-bond donors (Lipinski definition) is 2. The van der Waals surface area contributed by atoms with Gasteiger partial charge in [0.2, 0.25) is 0 Å². The molecule has 12 heavy (non-hydrogen) atoms. The van der Waals surface area contributed by atoms with Crippen molar-refractivity contribution in [3.63, 3.8) is 0 Å². The van der Waals surface area contributed by atoms with Gasteiger partial charge in [0.1, 0.15) is 0 Å². The second-order valence-corrected chi connectivity index (χ2v) is 2.66. The van der Waals surface area contributed by atoms with Crippen LogP contribution in [0.5, 0.6) is 0 Å². The topological polar surface area (TPSA) is 82.3 Å². The van der Waals surface area contributed by atoms with Crippen molar-refractivity contribution in [2.24, 2.45) is 5.92 Å². The number of hydrogen-bond acceptors (Lipinski definition) is 3. The molecule has 1 amide bonds. The first-order valence-corrected chi connectivity index (χ1v) is 3.71. The maximum atomic E-state index is 10.3. The molecule has 1 fully saturated rings.